The van der Waals surface area contributed by atoms with Gasteiger partial charge in [-0.15, -0.1) is 13.2 Å². The quantitative estimate of drug-likeness (QED) is 0.160. The average Bonchev–Trinajstić information content (AvgIpc) is 3.69. The Morgan fingerprint density at radius 1 is 1.11 bits per heavy atom. The van der Waals surface area contributed by atoms with Crippen molar-refractivity contribution in [3.8, 4) is 5.75 Å². The fourth-order valence-corrected chi connectivity index (χ4v) is 7.84. The fraction of sp³-hybridized carbons (Fsp3) is 0.486. The molecule has 3 fully saturated rings. The molecule has 2 aromatic carbocycles. The van der Waals surface area contributed by atoms with Crippen molar-refractivity contribution in [1.29, 1.82) is 0 Å². The number of aliphatic hydroxyl groups excluding tert-OH is 1. The molecule has 3 aliphatic rings. The van der Waals surface area contributed by atoms with Crippen LogP contribution in [0.2, 0.25) is 0 Å². The van der Waals surface area contributed by atoms with E-state index >= 15 is 0 Å². The number of hydrogen-bond donors (Lipinski definition) is 1. The number of carbonyl (C=O) groups excluding carboxylic acids is 3. The van der Waals surface area contributed by atoms with E-state index in [-0.39, 0.29) is 31.6 Å². The molecule has 9 nitrogen and oxygen atoms in total. The van der Waals surface area contributed by atoms with Gasteiger partial charge in [0, 0.05) is 12.2 Å². The van der Waals surface area contributed by atoms with Gasteiger partial charge in [-0.05, 0) is 74.8 Å². The Morgan fingerprint density at radius 3 is 2.48 bits per heavy atom. The zero-order chi connectivity index (χ0) is 32.9. The van der Waals surface area contributed by atoms with E-state index in [0.717, 1.165) is 18.4 Å². The molecule has 3 heterocycles. The first-order chi connectivity index (χ1) is 22.3. The van der Waals surface area contributed by atoms with Gasteiger partial charge in [0.25, 0.3) is 5.91 Å². The largest absolute Gasteiger partial charge is 0.497 e. The highest BCUT2D eigenvalue weighted by Gasteiger charge is 2.79. The molecule has 3 aliphatic heterocycles. The zero-order valence-electron chi connectivity index (χ0n) is 26.9. The van der Waals surface area contributed by atoms with Crippen LogP contribution in [0.25, 0.3) is 0 Å². The first-order valence-electron chi connectivity index (χ1n) is 16.3. The molecule has 0 saturated carbocycles. The predicted molar refractivity (Wildman–Crippen MR) is 175 cm³/mol. The molecular weight excluding hydrogens is 584 g/mol. The maximum atomic E-state index is 15.0. The summed E-state index contributed by atoms with van der Waals surface area (Å²) in [6, 6.07) is 14.9. The molecule has 2 unspecified atom stereocenters. The first-order valence-corrected chi connectivity index (χ1v) is 16.3. The third kappa shape index (κ3) is 5.86. The van der Waals surface area contributed by atoms with Gasteiger partial charge in [-0.25, -0.2) is 0 Å². The van der Waals surface area contributed by atoms with Gasteiger partial charge in [0.15, 0.2) is 0 Å². The lowest BCUT2D eigenvalue weighted by atomic mass is 9.65. The van der Waals surface area contributed by atoms with Gasteiger partial charge >= 0.3 is 5.97 Å². The molecule has 5 rings (SSSR count). The van der Waals surface area contributed by atoms with Crippen molar-refractivity contribution in [3.05, 3.63) is 85.5 Å². The first kappa shape index (κ1) is 33.4. The van der Waals surface area contributed by atoms with Gasteiger partial charge in [0.05, 0.1) is 37.9 Å². The number of esters is 1. The van der Waals surface area contributed by atoms with E-state index in [1.54, 1.807) is 42.4 Å². The van der Waals surface area contributed by atoms with Gasteiger partial charge in [-0.3, -0.25) is 14.4 Å². The summed E-state index contributed by atoms with van der Waals surface area (Å²) in [7, 11) is 1.57. The van der Waals surface area contributed by atoms with Crippen LogP contribution in [0.15, 0.2) is 79.9 Å². The summed E-state index contributed by atoms with van der Waals surface area (Å²) in [5.74, 6) is -2.30. The zero-order valence-corrected chi connectivity index (χ0v) is 26.9. The maximum absolute atomic E-state index is 15.0. The van der Waals surface area contributed by atoms with E-state index in [4.69, 9.17) is 14.2 Å². The van der Waals surface area contributed by atoms with Crippen LogP contribution in [-0.4, -0.2) is 77.9 Å². The van der Waals surface area contributed by atoms with Crippen LogP contribution < -0.4 is 9.64 Å². The number of allylic oxidation sites excluding steroid dienone is 1. The van der Waals surface area contributed by atoms with Crippen LogP contribution in [0.4, 0.5) is 5.69 Å². The number of nitrogens with zero attached hydrogens (tertiary/aromatic N) is 2. The molecule has 0 aromatic heterocycles. The number of fused-ring (bicyclic) bond motifs is 1. The average molecular weight is 631 g/mol. The van der Waals surface area contributed by atoms with Gasteiger partial charge in [-0.2, -0.15) is 0 Å². The van der Waals surface area contributed by atoms with Crippen LogP contribution >= 0.6 is 0 Å². The van der Waals surface area contributed by atoms with Crippen molar-refractivity contribution in [3.63, 3.8) is 0 Å². The van der Waals surface area contributed by atoms with E-state index in [0.29, 0.717) is 43.5 Å². The summed E-state index contributed by atoms with van der Waals surface area (Å²) in [6.45, 7) is 9.65. The number of anilines is 1. The van der Waals surface area contributed by atoms with Gasteiger partial charge in [0.1, 0.15) is 23.3 Å². The molecule has 2 aromatic rings. The summed E-state index contributed by atoms with van der Waals surface area (Å²) in [5.41, 5.74) is -0.651. The highest BCUT2D eigenvalue weighted by Crippen LogP contribution is 2.65. The van der Waals surface area contributed by atoms with Crippen LogP contribution in [0, 0.1) is 11.8 Å². The van der Waals surface area contributed by atoms with Crippen LogP contribution in [0.3, 0.4) is 0 Å². The number of unbranched alkanes of at least 4 members (excludes halogenated alkanes) is 2. The molecule has 9 heteroatoms. The summed E-state index contributed by atoms with van der Waals surface area (Å²) in [6.07, 6.45) is 7.60. The molecule has 6 atom stereocenters. The number of likely N-dealkylation sites (tertiary alicyclic amines) is 1. The lowest BCUT2D eigenvalue weighted by Gasteiger charge is -2.39. The lowest BCUT2D eigenvalue weighted by molar-refractivity contribution is -0.162. The van der Waals surface area contributed by atoms with E-state index in [1.807, 2.05) is 43.3 Å². The van der Waals surface area contributed by atoms with Gasteiger partial charge < -0.3 is 29.1 Å². The minimum atomic E-state index is -1.26. The molecule has 1 spiro atoms. The minimum absolute atomic E-state index is 0.183. The fourth-order valence-electron chi connectivity index (χ4n) is 7.84. The second-order valence-corrected chi connectivity index (χ2v) is 12.5. The highest BCUT2D eigenvalue weighted by atomic mass is 16.6. The van der Waals surface area contributed by atoms with E-state index in [2.05, 4.69) is 13.2 Å². The van der Waals surface area contributed by atoms with Crippen LogP contribution in [0.1, 0.15) is 51.0 Å². The Labute approximate surface area is 271 Å². The lowest BCUT2D eigenvalue weighted by Crippen LogP contribution is -2.59. The standard InChI is InChI=1S/C37H46N2O7/c1-5-8-9-13-23-45-35(43)31-30-33(41)39(28(25-40)24-26-14-11-10-12-15-26)32(37(30)21-20-36(31,7-3)46-37)34(42)38(22-6-2)27-16-18-29(44-4)19-17-27/h5-6,10-12,14-19,28,30-32,40H,1-2,7-9,13,20-25H2,3-4H3/t28-,30+,31+,32?,36-,37?/m1/s1. The number of benzene rings is 2. The number of carbonyl (C=O) groups is 3. The molecule has 1 N–H and O–H groups in total. The SMILES string of the molecule is C=CCCCCOC(=O)[C@@H]1[C@H]2C(=O)N([C@@H](CO)Cc3ccccc3)C(C(=O)N(CC=C)c3ccc(OC)cc3)C23CC[C@@]1(CC)O3. The van der Waals surface area contributed by atoms with Crippen molar-refractivity contribution in [2.24, 2.45) is 11.8 Å². The summed E-state index contributed by atoms with van der Waals surface area (Å²) in [4.78, 5) is 46.7. The van der Waals surface area contributed by atoms with Crippen LogP contribution in [0.5, 0.6) is 5.75 Å². The Morgan fingerprint density at radius 2 is 1.85 bits per heavy atom. The number of hydrogen-bond acceptors (Lipinski definition) is 7. The van der Waals surface area contributed by atoms with Gasteiger partial charge in [0.2, 0.25) is 5.91 Å². The van der Waals surface area contributed by atoms with Crippen molar-refractivity contribution in [2.75, 3.05) is 31.8 Å². The topological polar surface area (TPSA) is 106 Å². The molecule has 3 saturated heterocycles. The molecule has 246 valence electrons. The highest BCUT2D eigenvalue weighted by molar-refractivity contribution is 6.05. The van der Waals surface area contributed by atoms with Crippen molar-refractivity contribution >= 4 is 23.5 Å². The normalized spacial score (nSPS) is 26.8. The van der Waals surface area contributed by atoms with Gasteiger partial charge in [-0.1, -0.05) is 49.4 Å². The number of rotatable bonds is 16. The van der Waals surface area contributed by atoms with Crippen molar-refractivity contribution < 1.29 is 33.7 Å². The third-order valence-corrected chi connectivity index (χ3v) is 10.0. The summed E-state index contributed by atoms with van der Waals surface area (Å²) >= 11 is 0. The van der Waals surface area contributed by atoms with E-state index < -0.39 is 41.1 Å². The summed E-state index contributed by atoms with van der Waals surface area (Å²) < 4.78 is 18.1. The van der Waals surface area contributed by atoms with E-state index in [9.17, 15) is 19.5 Å². The Bertz CT molecular complexity index is 1410. The second-order valence-electron chi connectivity index (χ2n) is 12.5. The third-order valence-electron chi connectivity index (χ3n) is 10.0. The molecule has 2 amide bonds. The predicted octanol–water partition coefficient (Wildman–Crippen LogP) is 4.87. The Hall–Kier alpha value is -3.95. The van der Waals surface area contributed by atoms with Crippen molar-refractivity contribution in [2.45, 2.75) is 75.2 Å². The summed E-state index contributed by atoms with van der Waals surface area (Å²) in [5, 5.41) is 10.8. The smallest absolute Gasteiger partial charge is 0.312 e. The monoisotopic (exact) mass is 630 g/mol. The maximum Gasteiger partial charge on any atom is 0.312 e. The molecule has 2 bridgehead atoms. The molecule has 0 radical (unpaired) electrons. The number of ether oxygens (including phenoxy) is 3. The minimum Gasteiger partial charge on any atom is -0.497 e. The number of methoxy groups -OCH3 is 1. The Kier molecular flexibility index (Phi) is 10.3. The van der Waals surface area contributed by atoms with Crippen LogP contribution in [-0.2, 0) is 30.3 Å². The number of amides is 2. The number of aliphatic hydroxyl groups is 1. The molecule has 46 heavy (non-hydrogen) atoms. The van der Waals surface area contributed by atoms with Crippen molar-refractivity contribution in [1.82, 2.24) is 4.90 Å². The molecule has 0 aliphatic carbocycles. The second kappa shape index (κ2) is 14.2. The van der Waals surface area contributed by atoms with E-state index in [1.165, 1.54) is 4.90 Å². The Balaban J connectivity index is 1.57. The molecular formula is C37H46N2O7.